The summed E-state index contributed by atoms with van der Waals surface area (Å²) in [6, 6.07) is 11.4. The molecule has 0 saturated heterocycles. The van der Waals surface area contributed by atoms with Crippen molar-refractivity contribution in [3.8, 4) is 5.75 Å². The number of carbonyl (C=O) groups excluding carboxylic acids is 3. The van der Waals surface area contributed by atoms with Crippen LogP contribution in [0.2, 0.25) is 10.0 Å². The van der Waals surface area contributed by atoms with E-state index in [1.165, 1.54) is 11.0 Å². The number of rotatable bonds is 8. The third-order valence-electron chi connectivity index (χ3n) is 4.54. The van der Waals surface area contributed by atoms with Gasteiger partial charge in [-0.1, -0.05) is 23.2 Å². The van der Waals surface area contributed by atoms with E-state index in [0.29, 0.717) is 16.5 Å². The lowest BCUT2D eigenvalue weighted by Crippen LogP contribution is -2.44. The predicted octanol–water partition coefficient (Wildman–Crippen LogP) is 3.36. The molecule has 1 fully saturated rings. The lowest BCUT2D eigenvalue weighted by molar-refractivity contribution is -0.124. The molecule has 0 heterocycles. The molecule has 2 aromatic carbocycles. The van der Waals surface area contributed by atoms with Gasteiger partial charge < -0.3 is 20.3 Å². The molecule has 7 nitrogen and oxygen atoms in total. The van der Waals surface area contributed by atoms with Gasteiger partial charge in [0.1, 0.15) is 12.3 Å². The first-order valence-corrected chi connectivity index (χ1v) is 10.1. The Labute approximate surface area is 184 Å². The average molecular weight is 450 g/mol. The monoisotopic (exact) mass is 449 g/mol. The van der Waals surface area contributed by atoms with Gasteiger partial charge in [-0.25, -0.2) is 0 Å². The zero-order valence-corrected chi connectivity index (χ0v) is 17.8. The molecule has 0 atom stereocenters. The number of nitrogens with zero attached hydrogens (tertiary/aromatic N) is 1. The number of halogens is 2. The minimum Gasteiger partial charge on any atom is -0.497 e. The van der Waals surface area contributed by atoms with Crippen molar-refractivity contribution in [2.75, 3.05) is 25.5 Å². The van der Waals surface area contributed by atoms with Crippen LogP contribution in [0.25, 0.3) is 0 Å². The molecule has 0 aliphatic heterocycles. The lowest BCUT2D eigenvalue weighted by Gasteiger charge is -2.22. The molecule has 2 aromatic rings. The molecule has 3 rings (SSSR count). The van der Waals surface area contributed by atoms with Crippen LogP contribution < -0.4 is 15.4 Å². The van der Waals surface area contributed by atoms with Crippen molar-refractivity contribution in [2.24, 2.45) is 0 Å². The highest BCUT2D eigenvalue weighted by molar-refractivity contribution is 6.36. The molecule has 30 heavy (non-hydrogen) atoms. The number of methoxy groups -OCH3 is 1. The van der Waals surface area contributed by atoms with Crippen molar-refractivity contribution in [3.63, 3.8) is 0 Å². The van der Waals surface area contributed by atoms with Gasteiger partial charge >= 0.3 is 0 Å². The molecule has 0 radical (unpaired) electrons. The summed E-state index contributed by atoms with van der Waals surface area (Å²) in [5.41, 5.74) is 0.875. The summed E-state index contributed by atoms with van der Waals surface area (Å²) in [5, 5.41) is 5.88. The third kappa shape index (κ3) is 5.87. The predicted molar refractivity (Wildman–Crippen MR) is 115 cm³/mol. The summed E-state index contributed by atoms with van der Waals surface area (Å²) in [4.78, 5) is 38.7. The molecule has 9 heteroatoms. The fourth-order valence-electron chi connectivity index (χ4n) is 2.84. The first-order chi connectivity index (χ1) is 14.4. The van der Waals surface area contributed by atoms with Gasteiger partial charge in [-0.15, -0.1) is 0 Å². The quantitative estimate of drug-likeness (QED) is 0.646. The molecule has 0 aromatic heterocycles. The standard InChI is InChI=1S/C21H21Cl2N3O4/c1-30-16-7-3-14(4-8-16)25-19(27)11-24-20(28)12-26(15-5-6-15)21(29)17-9-2-13(22)10-18(17)23/h2-4,7-10,15H,5-6,11-12H2,1H3,(H,24,28)(H,25,27). The van der Waals surface area contributed by atoms with Crippen LogP contribution in [0, 0.1) is 0 Å². The first-order valence-electron chi connectivity index (χ1n) is 9.34. The van der Waals surface area contributed by atoms with Crippen LogP contribution in [-0.4, -0.2) is 48.9 Å². The SMILES string of the molecule is COc1ccc(NC(=O)CNC(=O)CN(C(=O)c2ccc(Cl)cc2Cl)C2CC2)cc1. The van der Waals surface area contributed by atoms with Gasteiger partial charge in [0.25, 0.3) is 5.91 Å². The molecule has 158 valence electrons. The number of benzene rings is 2. The Morgan fingerprint density at radius 3 is 2.37 bits per heavy atom. The summed E-state index contributed by atoms with van der Waals surface area (Å²) >= 11 is 12.0. The minimum absolute atomic E-state index is 0.0110. The van der Waals surface area contributed by atoms with E-state index >= 15 is 0 Å². The fourth-order valence-corrected chi connectivity index (χ4v) is 3.33. The van der Waals surface area contributed by atoms with Gasteiger partial charge in [0.15, 0.2) is 0 Å². The molecule has 2 N–H and O–H groups in total. The largest absolute Gasteiger partial charge is 0.497 e. The number of hydrogen-bond acceptors (Lipinski definition) is 4. The van der Waals surface area contributed by atoms with Crippen LogP contribution in [0.4, 0.5) is 5.69 Å². The second kappa shape index (κ2) is 9.82. The topological polar surface area (TPSA) is 87.7 Å². The van der Waals surface area contributed by atoms with Crippen LogP contribution in [0.1, 0.15) is 23.2 Å². The van der Waals surface area contributed by atoms with E-state index in [0.717, 1.165) is 12.8 Å². The number of carbonyl (C=O) groups is 3. The fraction of sp³-hybridized carbons (Fsp3) is 0.286. The van der Waals surface area contributed by atoms with Crippen molar-refractivity contribution in [1.82, 2.24) is 10.2 Å². The number of amides is 3. The normalized spacial score (nSPS) is 12.8. The van der Waals surface area contributed by atoms with Crippen LogP contribution in [0.3, 0.4) is 0 Å². The van der Waals surface area contributed by atoms with E-state index in [2.05, 4.69) is 10.6 Å². The van der Waals surface area contributed by atoms with Gasteiger partial charge in [0, 0.05) is 16.8 Å². The van der Waals surface area contributed by atoms with Gasteiger partial charge in [0.05, 0.1) is 24.2 Å². The molecule has 0 unspecified atom stereocenters. The van der Waals surface area contributed by atoms with Gasteiger partial charge in [0.2, 0.25) is 11.8 Å². The minimum atomic E-state index is -0.426. The van der Waals surface area contributed by atoms with E-state index < -0.39 is 5.91 Å². The summed E-state index contributed by atoms with van der Waals surface area (Å²) in [6.07, 6.45) is 1.64. The van der Waals surface area contributed by atoms with Crippen LogP contribution in [0.15, 0.2) is 42.5 Å². The molecule has 3 amide bonds. The first kappa shape index (κ1) is 21.9. The average Bonchev–Trinajstić information content (AvgIpc) is 3.56. The van der Waals surface area contributed by atoms with Crippen LogP contribution in [0.5, 0.6) is 5.75 Å². The van der Waals surface area contributed by atoms with Gasteiger partial charge in [-0.2, -0.15) is 0 Å². The van der Waals surface area contributed by atoms with Crippen LogP contribution >= 0.6 is 23.2 Å². The Kier molecular flexibility index (Phi) is 7.18. The Balaban J connectivity index is 1.53. The van der Waals surface area contributed by atoms with E-state index in [-0.39, 0.29) is 41.5 Å². The summed E-state index contributed by atoms with van der Waals surface area (Å²) in [6.45, 7) is -0.364. The maximum absolute atomic E-state index is 12.9. The summed E-state index contributed by atoms with van der Waals surface area (Å²) in [5.74, 6) is -0.465. The van der Waals surface area contributed by atoms with Crippen molar-refractivity contribution in [2.45, 2.75) is 18.9 Å². The number of hydrogen-bond donors (Lipinski definition) is 2. The highest BCUT2D eigenvalue weighted by Gasteiger charge is 2.35. The molecule has 0 bridgehead atoms. The number of ether oxygens (including phenoxy) is 1. The van der Waals surface area contributed by atoms with E-state index in [4.69, 9.17) is 27.9 Å². The second-order valence-electron chi connectivity index (χ2n) is 6.84. The summed E-state index contributed by atoms with van der Waals surface area (Å²) < 4.78 is 5.06. The lowest BCUT2D eigenvalue weighted by atomic mass is 10.2. The van der Waals surface area contributed by atoms with E-state index in [1.807, 2.05) is 0 Å². The molecule has 1 aliphatic rings. The maximum Gasteiger partial charge on any atom is 0.256 e. The maximum atomic E-state index is 12.9. The third-order valence-corrected chi connectivity index (χ3v) is 5.09. The Hall–Kier alpha value is -2.77. The molecule has 1 saturated carbocycles. The second-order valence-corrected chi connectivity index (χ2v) is 7.69. The zero-order chi connectivity index (χ0) is 21.7. The van der Waals surface area contributed by atoms with Crippen molar-refractivity contribution >= 4 is 46.6 Å². The molecule has 0 spiro atoms. The van der Waals surface area contributed by atoms with Crippen LogP contribution in [-0.2, 0) is 9.59 Å². The van der Waals surface area contributed by atoms with E-state index in [1.54, 1.807) is 43.5 Å². The highest BCUT2D eigenvalue weighted by atomic mass is 35.5. The Bertz CT molecular complexity index is 946. The Morgan fingerprint density at radius 1 is 1.07 bits per heavy atom. The van der Waals surface area contributed by atoms with Gasteiger partial charge in [-0.05, 0) is 55.3 Å². The zero-order valence-electron chi connectivity index (χ0n) is 16.3. The summed E-state index contributed by atoms with van der Waals surface area (Å²) in [7, 11) is 1.56. The molecular weight excluding hydrogens is 429 g/mol. The molecular formula is C21H21Cl2N3O4. The molecule has 1 aliphatic carbocycles. The smallest absolute Gasteiger partial charge is 0.256 e. The Morgan fingerprint density at radius 2 is 1.77 bits per heavy atom. The van der Waals surface area contributed by atoms with Gasteiger partial charge in [-0.3, -0.25) is 14.4 Å². The number of nitrogens with one attached hydrogen (secondary N) is 2. The van der Waals surface area contributed by atoms with E-state index in [9.17, 15) is 14.4 Å². The highest BCUT2D eigenvalue weighted by Crippen LogP contribution is 2.30. The van der Waals surface area contributed by atoms with Crippen molar-refractivity contribution in [1.29, 1.82) is 0 Å². The van der Waals surface area contributed by atoms with Crippen molar-refractivity contribution < 1.29 is 19.1 Å². The van der Waals surface area contributed by atoms with Crippen molar-refractivity contribution in [3.05, 3.63) is 58.1 Å². The number of anilines is 1.